The Morgan fingerprint density at radius 2 is 2.17 bits per heavy atom. The van der Waals surface area contributed by atoms with Crippen molar-refractivity contribution in [3.05, 3.63) is 59.7 Å². The van der Waals surface area contributed by atoms with Crippen LogP contribution in [0, 0.1) is 6.92 Å². The molecule has 0 fully saturated rings. The lowest BCUT2D eigenvalue weighted by atomic mass is 10.2. The Morgan fingerprint density at radius 3 is 2.88 bits per heavy atom. The molecule has 7 nitrogen and oxygen atoms in total. The van der Waals surface area contributed by atoms with Crippen molar-refractivity contribution in [1.82, 2.24) is 19.6 Å². The average molecular weight is 325 g/mol. The van der Waals surface area contributed by atoms with Gasteiger partial charge in [-0.2, -0.15) is 10.2 Å². The summed E-state index contributed by atoms with van der Waals surface area (Å²) in [6.07, 6.45) is 3.42. The van der Waals surface area contributed by atoms with Crippen LogP contribution in [0.1, 0.15) is 21.7 Å². The van der Waals surface area contributed by atoms with Crippen LogP contribution in [0.25, 0.3) is 0 Å². The zero-order valence-corrected chi connectivity index (χ0v) is 13.9. The van der Waals surface area contributed by atoms with Crippen LogP contribution in [0.15, 0.2) is 42.7 Å². The molecule has 2 aromatic heterocycles. The van der Waals surface area contributed by atoms with Crippen LogP contribution in [0.2, 0.25) is 0 Å². The lowest BCUT2D eigenvalue weighted by Gasteiger charge is -2.05. The van der Waals surface area contributed by atoms with Crippen LogP contribution < -0.4 is 10.1 Å². The number of amides is 1. The minimum atomic E-state index is -0.209. The van der Waals surface area contributed by atoms with E-state index < -0.39 is 0 Å². The third-order valence-corrected chi connectivity index (χ3v) is 3.60. The summed E-state index contributed by atoms with van der Waals surface area (Å²) in [6, 6.07) is 9.54. The average Bonchev–Trinajstić information content (AvgIpc) is 3.13. The minimum absolute atomic E-state index is 0.209. The minimum Gasteiger partial charge on any atom is -0.497 e. The number of carbonyl (C=O) groups is 1. The normalized spacial score (nSPS) is 10.6. The van der Waals surface area contributed by atoms with Gasteiger partial charge in [0.25, 0.3) is 5.91 Å². The van der Waals surface area contributed by atoms with E-state index in [1.807, 2.05) is 31.2 Å². The highest BCUT2D eigenvalue weighted by molar-refractivity contribution is 6.02. The number of methoxy groups -OCH3 is 1. The molecule has 124 valence electrons. The van der Waals surface area contributed by atoms with E-state index in [0.29, 0.717) is 17.9 Å². The Hall–Kier alpha value is -3.09. The van der Waals surface area contributed by atoms with Crippen molar-refractivity contribution >= 4 is 11.6 Å². The number of nitrogens with zero attached hydrogens (tertiary/aromatic N) is 4. The van der Waals surface area contributed by atoms with Gasteiger partial charge in [-0.1, -0.05) is 12.1 Å². The molecule has 1 amide bonds. The first-order valence-electron chi connectivity index (χ1n) is 7.52. The Morgan fingerprint density at radius 1 is 1.33 bits per heavy atom. The second kappa shape index (κ2) is 6.57. The van der Waals surface area contributed by atoms with Gasteiger partial charge in [0.05, 0.1) is 31.2 Å². The first-order chi connectivity index (χ1) is 11.5. The predicted octanol–water partition coefficient (Wildman–Crippen LogP) is 2.23. The fourth-order valence-electron chi connectivity index (χ4n) is 2.49. The maximum atomic E-state index is 12.3. The van der Waals surface area contributed by atoms with E-state index in [4.69, 9.17) is 4.74 Å². The Labute approximate surface area is 139 Å². The highest BCUT2D eigenvalue weighted by Gasteiger charge is 2.13. The molecule has 3 aromatic rings. The van der Waals surface area contributed by atoms with Crippen molar-refractivity contribution in [2.75, 3.05) is 12.4 Å². The van der Waals surface area contributed by atoms with Crippen LogP contribution in [-0.4, -0.2) is 32.6 Å². The van der Waals surface area contributed by atoms with Gasteiger partial charge in [-0.15, -0.1) is 0 Å². The highest BCUT2D eigenvalue weighted by atomic mass is 16.5. The van der Waals surface area contributed by atoms with Crippen LogP contribution >= 0.6 is 0 Å². The number of nitrogens with one attached hydrogen (secondary N) is 1. The van der Waals surface area contributed by atoms with E-state index in [1.54, 1.807) is 42.0 Å². The highest BCUT2D eigenvalue weighted by Crippen LogP contribution is 2.15. The number of aryl methyl sites for hydroxylation is 2. The molecular weight excluding hydrogens is 306 g/mol. The van der Waals surface area contributed by atoms with Crippen molar-refractivity contribution in [2.24, 2.45) is 7.05 Å². The third kappa shape index (κ3) is 3.45. The molecule has 0 aliphatic carbocycles. The molecule has 0 aliphatic rings. The lowest BCUT2D eigenvalue weighted by molar-refractivity contribution is 0.101. The molecule has 1 aromatic carbocycles. The molecule has 0 radical (unpaired) electrons. The van der Waals surface area contributed by atoms with Gasteiger partial charge in [0.1, 0.15) is 11.4 Å². The Bertz CT molecular complexity index is 866. The van der Waals surface area contributed by atoms with E-state index in [2.05, 4.69) is 15.5 Å². The summed E-state index contributed by atoms with van der Waals surface area (Å²) in [5.41, 5.74) is 3.02. The molecule has 1 N–H and O–H groups in total. The first-order valence-corrected chi connectivity index (χ1v) is 7.52. The molecule has 2 heterocycles. The molecule has 0 spiro atoms. The number of hydrogen-bond donors (Lipinski definition) is 1. The summed E-state index contributed by atoms with van der Waals surface area (Å²) in [6.45, 7) is 2.45. The molecule has 0 saturated carbocycles. The Kier molecular flexibility index (Phi) is 4.33. The molecule has 0 saturated heterocycles. The number of carbonyl (C=O) groups excluding carboxylic acids is 1. The van der Waals surface area contributed by atoms with Crippen LogP contribution in [-0.2, 0) is 13.6 Å². The first kappa shape index (κ1) is 15.8. The molecule has 3 rings (SSSR count). The number of hydrogen-bond acceptors (Lipinski definition) is 4. The molecule has 0 atom stereocenters. The van der Waals surface area contributed by atoms with E-state index in [1.165, 1.54) is 0 Å². The number of ether oxygens (including phenoxy) is 1. The SMILES string of the molecule is COc1cccc(Cn2cc(NC(=O)c3cc(C)nn3C)cn2)c1. The van der Waals surface area contributed by atoms with Crippen molar-refractivity contribution < 1.29 is 9.53 Å². The molecule has 7 heteroatoms. The topological polar surface area (TPSA) is 74.0 Å². The van der Waals surface area contributed by atoms with E-state index in [0.717, 1.165) is 17.0 Å². The molecule has 0 aliphatic heterocycles. The second-order valence-electron chi connectivity index (χ2n) is 5.53. The summed E-state index contributed by atoms with van der Waals surface area (Å²) in [7, 11) is 3.38. The van der Waals surface area contributed by atoms with Crippen molar-refractivity contribution in [3.63, 3.8) is 0 Å². The van der Waals surface area contributed by atoms with Crippen LogP contribution in [0.5, 0.6) is 5.75 Å². The lowest BCUT2D eigenvalue weighted by Crippen LogP contribution is -2.15. The maximum absolute atomic E-state index is 12.3. The summed E-state index contributed by atoms with van der Waals surface area (Å²) < 4.78 is 8.54. The van der Waals surface area contributed by atoms with E-state index in [-0.39, 0.29) is 5.91 Å². The summed E-state index contributed by atoms with van der Waals surface area (Å²) >= 11 is 0. The van der Waals surface area contributed by atoms with Gasteiger partial charge in [0, 0.05) is 13.2 Å². The van der Waals surface area contributed by atoms with Crippen LogP contribution in [0.3, 0.4) is 0 Å². The van der Waals surface area contributed by atoms with Crippen molar-refractivity contribution in [2.45, 2.75) is 13.5 Å². The quantitative estimate of drug-likeness (QED) is 0.781. The molecule has 0 unspecified atom stereocenters. The van der Waals surface area contributed by atoms with E-state index >= 15 is 0 Å². The summed E-state index contributed by atoms with van der Waals surface area (Å²) in [4.78, 5) is 12.3. The fraction of sp³-hybridized carbons (Fsp3) is 0.235. The van der Waals surface area contributed by atoms with Gasteiger partial charge in [0.15, 0.2) is 0 Å². The van der Waals surface area contributed by atoms with Gasteiger partial charge in [-0.25, -0.2) is 0 Å². The number of aromatic nitrogens is 4. The van der Waals surface area contributed by atoms with Crippen molar-refractivity contribution in [3.8, 4) is 5.75 Å². The largest absolute Gasteiger partial charge is 0.497 e. The predicted molar refractivity (Wildman–Crippen MR) is 90.2 cm³/mol. The zero-order chi connectivity index (χ0) is 17.1. The van der Waals surface area contributed by atoms with Gasteiger partial charge in [-0.3, -0.25) is 14.2 Å². The number of benzene rings is 1. The molecule has 24 heavy (non-hydrogen) atoms. The van der Waals surface area contributed by atoms with Gasteiger partial charge < -0.3 is 10.1 Å². The van der Waals surface area contributed by atoms with Gasteiger partial charge in [-0.05, 0) is 30.7 Å². The van der Waals surface area contributed by atoms with Crippen LogP contribution in [0.4, 0.5) is 5.69 Å². The van der Waals surface area contributed by atoms with Gasteiger partial charge in [0.2, 0.25) is 0 Å². The van der Waals surface area contributed by atoms with Crippen molar-refractivity contribution in [1.29, 1.82) is 0 Å². The monoisotopic (exact) mass is 325 g/mol. The zero-order valence-electron chi connectivity index (χ0n) is 13.9. The Balaban J connectivity index is 1.69. The molecular formula is C17H19N5O2. The second-order valence-corrected chi connectivity index (χ2v) is 5.53. The third-order valence-electron chi connectivity index (χ3n) is 3.60. The maximum Gasteiger partial charge on any atom is 0.274 e. The number of rotatable bonds is 5. The van der Waals surface area contributed by atoms with E-state index in [9.17, 15) is 4.79 Å². The smallest absolute Gasteiger partial charge is 0.274 e. The standard InChI is InChI=1S/C17H19N5O2/c1-12-7-16(21(2)20-12)17(23)19-14-9-18-22(11-14)10-13-5-4-6-15(8-13)24-3/h4-9,11H,10H2,1-3H3,(H,19,23). The summed E-state index contributed by atoms with van der Waals surface area (Å²) in [5.74, 6) is 0.596. The molecule has 0 bridgehead atoms. The summed E-state index contributed by atoms with van der Waals surface area (Å²) in [5, 5.41) is 11.3. The number of anilines is 1. The van der Waals surface area contributed by atoms with Gasteiger partial charge >= 0.3 is 0 Å². The fourth-order valence-corrected chi connectivity index (χ4v) is 2.49.